The van der Waals surface area contributed by atoms with E-state index in [0.29, 0.717) is 27.7 Å². The Morgan fingerprint density at radius 2 is 1.73 bits per heavy atom. The number of para-hydroxylation sites is 1. The van der Waals surface area contributed by atoms with Gasteiger partial charge in [0.1, 0.15) is 5.75 Å². The number of esters is 1. The van der Waals surface area contributed by atoms with Gasteiger partial charge in [-0.05, 0) is 88.4 Å². The van der Waals surface area contributed by atoms with Crippen molar-refractivity contribution in [3.63, 3.8) is 0 Å². The van der Waals surface area contributed by atoms with Crippen LogP contribution < -0.4 is 20.8 Å². The molecule has 1 amide bonds. The number of aromatic nitrogens is 1. The molecule has 4 aromatic rings. The molecular weight excluding hydrogens is 665 g/mol. The number of benzene rings is 3. The van der Waals surface area contributed by atoms with Crippen molar-refractivity contribution in [1.82, 2.24) is 20.6 Å². The van der Waals surface area contributed by atoms with Gasteiger partial charge in [0, 0.05) is 55.8 Å². The summed E-state index contributed by atoms with van der Waals surface area (Å²) in [5.74, 6) is -0.546. The van der Waals surface area contributed by atoms with E-state index in [-0.39, 0.29) is 18.9 Å². The molecule has 0 aliphatic carbocycles. The summed E-state index contributed by atoms with van der Waals surface area (Å²) >= 11 is 6.85. The SMILES string of the molecule is CCOC(=O)C1=C(C)NC(=S)N[C@@H]1c1ccccc1OCC(=O)NN=Cc1cc(C)n(-c2ccc(Sc3ccc([N+](=O)[O-])cc3)cc2)c1C. The number of aryl methyl sites for hydroxylation is 1. The Bertz CT molecular complexity index is 1950. The van der Waals surface area contributed by atoms with Crippen molar-refractivity contribution in [3.8, 4) is 11.4 Å². The third kappa shape index (κ3) is 8.34. The third-order valence-corrected chi connectivity index (χ3v) is 8.83. The Morgan fingerprint density at radius 3 is 2.41 bits per heavy atom. The van der Waals surface area contributed by atoms with Crippen molar-refractivity contribution in [2.45, 2.75) is 43.5 Å². The number of carbonyl (C=O) groups excluding carboxylic acids is 2. The zero-order chi connectivity index (χ0) is 35.1. The number of hydrazone groups is 1. The van der Waals surface area contributed by atoms with Gasteiger partial charge in [0.05, 0.1) is 29.4 Å². The zero-order valence-corrected chi connectivity index (χ0v) is 28.8. The Morgan fingerprint density at radius 1 is 1.06 bits per heavy atom. The lowest BCUT2D eigenvalue weighted by molar-refractivity contribution is -0.384. The van der Waals surface area contributed by atoms with Crippen molar-refractivity contribution < 1.29 is 24.0 Å². The van der Waals surface area contributed by atoms with Crippen LogP contribution in [0.1, 0.15) is 42.4 Å². The van der Waals surface area contributed by atoms with Crippen LogP contribution in [-0.4, -0.2) is 45.9 Å². The Labute approximate surface area is 292 Å². The van der Waals surface area contributed by atoms with Crippen molar-refractivity contribution >= 4 is 52.9 Å². The number of hydrogen-bond donors (Lipinski definition) is 3. The first-order chi connectivity index (χ1) is 23.5. The second-order valence-electron chi connectivity index (χ2n) is 10.9. The first-order valence-electron chi connectivity index (χ1n) is 15.3. The van der Waals surface area contributed by atoms with Crippen LogP contribution in [0.25, 0.3) is 5.69 Å². The number of thiocarbonyl (C=S) groups is 1. The van der Waals surface area contributed by atoms with E-state index in [1.165, 1.54) is 23.9 Å². The summed E-state index contributed by atoms with van der Waals surface area (Å²) in [6, 6.07) is 22.9. The van der Waals surface area contributed by atoms with Crippen LogP contribution >= 0.6 is 24.0 Å². The van der Waals surface area contributed by atoms with E-state index < -0.39 is 22.8 Å². The molecule has 1 atom stereocenters. The first kappa shape index (κ1) is 34.9. The fraction of sp³-hybridized carbons (Fsp3) is 0.200. The highest BCUT2D eigenvalue weighted by molar-refractivity contribution is 7.99. The molecule has 0 fully saturated rings. The van der Waals surface area contributed by atoms with E-state index in [2.05, 4.69) is 25.7 Å². The number of carbonyl (C=O) groups is 2. The van der Waals surface area contributed by atoms with Crippen molar-refractivity contribution in [2.24, 2.45) is 5.10 Å². The van der Waals surface area contributed by atoms with Crippen LogP contribution in [-0.2, 0) is 14.3 Å². The molecule has 0 bridgehead atoms. The van der Waals surface area contributed by atoms with Gasteiger partial charge in [-0.25, -0.2) is 10.2 Å². The Balaban J connectivity index is 1.21. The van der Waals surface area contributed by atoms with E-state index in [4.69, 9.17) is 21.7 Å². The molecule has 252 valence electrons. The second kappa shape index (κ2) is 15.6. The molecule has 0 spiro atoms. The molecule has 1 aliphatic rings. The first-order valence-corrected chi connectivity index (χ1v) is 16.5. The molecule has 1 aromatic heterocycles. The number of nitro benzene ring substituents is 1. The average Bonchev–Trinajstić information content (AvgIpc) is 3.36. The van der Waals surface area contributed by atoms with Crippen LogP contribution in [0.5, 0.6) is 5.75 Å². The van der Waals surface area contributed by atoms with Crippen LogP contribution in [0.2, 0.25) is 0 Å². The number of nitro groups is 1. The van der Waals surface area contributed by atoms with Gasteiger partial charge in [-0.2, -0.15) is 5.10 Å². The largest absolute Gasteiger partial charge is 0.483 e. The number of amides is 1. The summed E-state index contributed by atoms with van der Waals surface area (Å²) in [5, 5.41) is 21.5. The number of rotatable bonds is 12. The highest BCUT2D eigenvalue weighted by atomic mass is 32.2. The van der Waals surface area contributed by atoms with E-state index >= 15 is 0 Å². The van der Waals surface area contributed by atoms with Gasteiger partial charge in [0.2, 0.25) is 0 Å². The lowest BCUT2D eigenvalue weighted by Crippen LogP contribution is -2.45. The molecular formula is C35H34N6O6S2. The summed E-state index contributed by atoms with van der Waals surface area (Å²) in [6.07, 6.45) is 1.59. The van der Waals surface area contributed by atoms with E-state index in [0.717, 1.165) is 32.4 Å². The van der Waals surface area contributed by atoms with Crippen LogP contribution in [0.3, 0.4) is 0 Å². The normalized spacial score (nSPS) is 14.3. The Hall–Kier alpha value is -5.47. The van der Waals surface area contributed by atoms with Gasteiger partial charge in [-0.3, -0.25) is 14.9 Å². The minimum atomic E-state index is -0.634. The maximum absolute atomic E-state index is 12.8. The van der Waals surface area contributed by atoms with Crippen LogP contribution in [0.4, 0.5) is 5.69 Å². The van der Waals surface area contributed by atoms with E-state index in [9.17, 15) is 19.7 Å². The number of non-ortho nitro benzene ring substituents is 1. The smallest absolute Gasteiger partial charge is 0.338 e. The zero-order valence-electron chi connectivity index (χ0n) is 27.2. The van der Waals surface area contributed by atoms with E-state index in [1.807, 2.05) is 50.2 Å². The summed E-state index contributed by atoms with van der Waals surface area (Å²) in [7, 11) is 0. The van der Waals surface area contributed by atoms with Crippen LogP contribution in [0.15, 0.2) is 105 Å². The number of allylic oxidation sites excluding steroid dienone is 1. The topological polar surface area (TPSA) is 149 Å². The molecule has 14 heteroatoms. The molecule has 12 nitrogen and oxygen atoms in total. The van der Waals surface area contributed by atoms with Crippen molar-refractivity contribution in [1.29, 1.82) is 0 Å². The van der Waals surface area contributed by atoms with Gasteiger partial charge in [0.15, 0.2) is 11.7 Å². The molecule has 0 saturated carbocycles. The molecule has 0 unspecified atom stereocenters. The van der Waals surface area contributed by atoms with Gasteiger partial charge in [0.25, 0.3) is 11.6 Å². The fourth-order valence-electron chi connectivity index (χ4n) is 5.36. The molecule has 1 aliphatic heterocycles. The molecule has 5 rings (SSSR count). The molecule has 3 aromatic carbocycles. The number of ether oxygens (including phenoxy) is 2. The molecule has 49 heavy (non-hydrogen) atoms. The summed E-state index contributed by atoms with van der Waals surface area (Å²) in [5.41, 5.74) is 7.85. The maximum Gasteiger partial charge on any atom is 0.338 e. The van der Waals surface area contributed by atoms with Crippen LogP contribution in [0, 0.1) is 24.0 Å². The van der Waals surface area contributed by atoms with E-state index in [1.54, 1.807) is 50.4 Å². The second-order valence-corrected chi connectivity index (χ2v) is 12.5. The summed E-state index contributed by atoms with van der Waals surface area (Å²) in [4.78, 5) is 37.9. The van der Waals surface area contributed by atoms with Gasteiger partial charge in [-0.15, -0.1) is 0 Å². The standard InChI is InChI=1S/C35H34N6O6S2/c1-5-46-34(43)32-22(3)37-35(48)38-33(32)29-8-6-7-9-30(29)47-20-31(42)39-36-19-24-18-21(2)40(23(24)4)25-10-14-27(15-11-25)49-28-16-12-26(13-17-28)41(44)45/h6-19,33H,5,20H2,1-4H3,(H,39,42)(H2,37,38,48)/t33-/m1/s1. The summed E-state index contributed by atoms with van der Waals surface area (Å²) < 4.78 is 13.2. The number of nitrogens with zero attached hydrogens (tertiary/aromatic N) is 3. The molecule has 2 heterocycles. The minimum Gasteiger partial charge on any atom is -0.483 e. The predicted octanol–water partition coefficient (Wildman–Crippen LogP) is 6.04. The molecule has 3 N–H and O–H groups in total. The fourth-order valence-corrected chi connectivity index (χ4v) is 6.44. The number of hydrogen-bond acceptors (Lipinski definition) is 9. The average molecular weight is 699 g/mol. The highest BCUT2D eigenvalue weighted by Gasteiger charge is 2.32. The summed E-state index contributed by atoms with van der Waals surface area (Å²) in [6.45, 7) is 7.35. The predicted molar refractivity (Wildman–Crippen MR) is 191 cm³/mol. The lowest BCUT2D eigenvalue weighted by Gasteiger charge is -2.30. The van der Waals surface area contributed by atoms with Gasteiger partial charge < -0.3 is 24.7 Å². The third-order valence-electron chi connectivity index (χ3n) is 7.59. The monoisotopic (exact) mass is 698 g/mol. The molecule has 0 saturated heterocycles. The quantitative estimate of drug-likeness (QED) is 0.0526. The Kier molecular flexibility index (Phi) is 11.1. The number of nitrogens with one attached hydrogen (secondary N) is 3. The molecule has 0 radical (unpaired) electrons. The van der Waals surface area contributed by atoms with Crippen molar-refractivity contribution in [3.05, 3.63) is 123 Å². The van der Waals surface area contributed by atoms with Crippen molar-refractivity contribution in [2.75, 3.05) is 13.2 Å². The highest BCUT2D eigenvalue weighted by Crippen LogP contribution is 2.34. The van der Waals surface area contributed by atoms with Gasteiger partial charge >= 0.3 is 5.97 Å². The van der Waals surface area contributed by atoms with Gasteiger partial charge in [-0.1, -0.05) is 30.0 Å². The lowest BCUT2D eigenvalue weighted by atomic mass is 9.95. The maximum atomic E-state index is 12.8. The minimum absolute atomic E-state index is 0.0583.